The Balaban J connectivity index is 1.80. The van der Waals surface area contributed by atoms with Gasteiger partial charge in [0.25, 0.3) is 0 Å². The number of primary amides is 1. The highest BCUT2D eigenvalue weighted by Crippen LogP contribution is 2.40. The highest BCUT2D eigenvalue weighted by molar-refractivity contribution is 7.99. The van der Waals surface area contributed by atoms with Crippen molar-refractivity contribution < 1.29 is 13.9 Å². The summed E-state index contributed by atoms with van der Waals surface area (Å²) in [5.41, 5.74) is 8.97. The van der Waals surface area contributed by atoms with Crippen molar-refractivity contribution in [1.82, 2.24) is 9.97 Å². The molecule has 1 aromatic heterocycles. The summed E-state index contributed by atoms with van der Waals surface area (Å²) in [6.07, 6.45) is 0.608. The molecule has 3 aromatic rings. The van der Waals surface area contributed by atoms with Crippen molar-refractivity contribution in [2.75, 3.05) is 5.75 Å². The highest BCUT2D eigenvalue weighted by Gasteiger charge is 2.24. The molecule has 0 bridgehead atoms. The van der Waals surface area contributed by atoms with Gasteiger partial charge in [0.15, 0.2) is 5.82 Å². The van der Waals surface area contributed by atoms with Crippen LogP contribution in [0.25, 0.3) is 11.4 Å². The van der Waals surface area contributed by atoms with Crippen LogP contribution in [0.3, 0.4) is 0 Å². The van der Waals surface area contributed by atoms with Gasteiger partial charge < -0.3 is 10.5 Å². The van der Waals surface area contributed by atoms with Gasteiger partial charge in [0.1, 0.15) is 16.6 Å². The zero-order valence-electron chi connectivity index (χ0n) is 14.5. The van der Waals surface area contributed by atoms with Gasteiger partial charge in [-0.05, 0) is 42.8 Å². The van der Waals surface area contributed by atoms with E-state index in [1.54, 1.807) is 12.1 Å². The van der Waals surface area contributed by atoms with Gasteiger partial charge in [-0.1, -0.05) is 29.5 Å². The first kappa shape index (κ1) is 17.5. The second-order valence-corrected chi connectivity index (χ2v) is 7.25. The third-order valence-electron chi connectivity index (χ3n) is 4.17. The van der Waals surface area contributed by atoms with Crippen LogP contribution >= 0.6 is 11.8 Å². The molecule has 0 saturated heterocycles. The summed E-state index contributed by atoms with van der Waals surface area (Å²) in [6.45, 7) is 2.02. The normalized spacial score (nSPS) is 12.1. The smallest absolute Gasteiger partial charge is 0.227 e. The average molecular weight is 381 g/mol. The molecule has 0 saturated carbocycles. The minimum atomic E-state index is -0.427. The van der Waals surface area contributed by atoms with E-state index in [1.165, 1.54) is 23.9 Å². The summed E-state index contributed by atoms with van der Waals surface area (Å²) in [5, 5.41) is 0.644. The second kappa shape index (κ2) is 7.00. The Morgan fingerprint density at radius 3 is 2.74 bits per heavy atom. The van der Waals surface area contributed by atoms with Crippen LogP contribution in [0.4, 0.5) is 4.39 Å². The van der Waals surface area contributed by atoms with Gasteiger partial charge in [-0.15, -0.1) is 0 Å². The molecule has 0 spiro atoms. The lowest BCUT2D eigenvalue weighted by molar-refractivity contribution is -0.115. The van der Waals surface area contributed by atoms with Gasteiger partial charge in [-0.2, -0.15) is 4.98 Å². The first-order valence-corrected chi connectivity index (χ1v) is 9.33. The minimum absolute atomic E-state index is 0.104. The van der Waals surface area contributed by atoms with E-state index in [9.17, 15) is 9.18 Å². The zero-order chi connectivity index (χ0) is 19.0. The molecule has 1 aliphatic heterocycles. The quantitative estimate of drug-likeness (QED) is 0.429. The van der Waals surface area contributed by atoms with E-state index in [0.717, 1.165) is 22.4 Å². The Labute approximate surface area is 159 Å². The van der Waals surface area contributed by atoms with Crippen LogP contribution in [-0.2, 0) is 11.2 Å². The monoisotopic (exact) mass is 381 g/mol. The maximum atomic E-state index is 13.2. The van der Waals surface area contributed by atoms with Crippen molar-refractivity contribution >= 4 is 17.7 Å². The second-order valence-electron chi connectivity index (χ2n) is 6.29. The average Bonchev–Trinajstić information content (AvgIpc) is 2.65. The molecule has 0 fully saturated rings. The van der Waals surface area contributed by atoms with Crippen LogP contribution < -0.4 is 10.5 Å². The molecule has 0 aliphatic carbocycles. The maximum absolute atomic E-state index is 13.2. The number of fused-ring (bicyclic) bond motifs is 2. The Kier molecular flexibility index (Phi) is 4.53. The third kappa shape index (κ3) is 3.64. The number of nitrogens with two attached hydrogens (primary N) is 1. The molecular formula is C20H16FN3O2S. The van der Waals surface area contributed by atoms with E-state index < -0.39 is 5.91 Å². The fourth-order valence-electron chi connectivity index (χ4n) is 2.91. The number of halogens is 1. The van der Waals surface area contributed by atoms with E-state index in [1.807, 2.05) is 19.1 Å². The van der Waals surface area contributed by atoms with E-state index in [-0.39, 0.29) is 11.6 Å². The topological polar surface area (TPSA) is 78.1 Å². The Morgan fingerprint density at radius 1 is 1.22 bits per heavy atom. The predicted octanol–water partition coefficient (Wildman–Crippen LogP) is 3.87. The first-order chi connectivity index (χ1) is 13.0. The maximum Gasteiger partial charge on any atom is 0.227 e. The molecule has 0 radical (unpaired) electrons. The lowest BCUT2D eigenvalue weighted by Crippen LogP contribution is -2.14. The molecule has 2 N–H and O–H groups in total. The van der Waals surface area contributed by atoms with Gasteiger partial charge in [-0.3, -0.25) is 4.79 Å². The summed E-state index contributed by atoms with van der Waals surface area (Å²) in [6, 6.07) is 11.9. The Hall–Kier alpha value is -2.93. The van der Waals surface area contributed by atoms with Crippen molar-refractivity contribution in [3.8, 4) is 23.0 Å². The molecule has 1 amide bonds. The summed E-state index contributed by atoms with van der Waals surface area (Å²) in [7, 11) is 0. The summed E-state index contributed by atoms with van der Waals surface area (Å²) in [4.78, 5) is 20.4. The van der Waals surface area contributed by atoms with Crippen LogP contribution in [-0.4, -0.2) is 21.6 Å². The summed E-state index contributed by atoms with van der Waals surface area (Å²) in [5.74, 6) is 0.961. The zero-order valence-corrected chi connectivity index (χ0v) is 15.3. The van der Waals surface area contributed by atoms with E-state index in [4.69, 9.17) is 10.5 Å². The van der Waals surface area contributed by atoms with Crippen molar-refractivity contribution in [2.24, 2.45) is 5.73 Å². The number of ether oxygens (including phenoxy) is 1. The molecule has 4 rings (SSSR count). The fraction of sp³-hybridized carbons (Fsp3) is 0.150. The number of rotatable bonds is 4. The number of carbonyl (C=O) groups excluding carboxylic acids is 1. The van der Waals surface area contributed by atoms with Crippen LogP contribution in [0.15, 0.2) is 47.5 Å². The van der Waals surface area contributed by atoms with Crippen LogP contribution in [0, 0.1) is 12.7 Å². The highest BCUT2D eigenvalue weighted by atomic mass is 32.2. The standard InChI is InChI=1S/C20H16FN3O2S/c1-11-2-7-16-13(8-11)9-15-19(26-16)23-18(12-3-5-14(21)6-4-12)24-20(15)27-10-17(22)25/h2-8H,9-10H2,1H3,(H2,22,25). The predicted molar refractivity (Wildman–Crippen MR) is 101 cm³/mol. The SMILES string of the molecule is Cc1ccc2c(c1)Cc1c(nc(-c3ccc(F)cc3)nc1SCC(N)=O)O2. The fourth-order valence-corrected chi connectivity index (χ4v) is 3.67. The largest absolute Gasteiger partial charge is 0.438 e. The number of hydrogen-bond acceptors (Lipinski definition) is 5. The van der Waals surface area contributed by atoms with Crippen molar-refractivity contribution in [2.45, 2.75) is 18.4 Å². The summed E-state index contributed by atoms with van der Waals surface area (Å²) >= 11 is 1.25. The van der Waals surface area contributed by atoms with Crippen LogP contribution in [0.1, 0.15) is 16.7 Å². The van der Waals surface area contributed by atoms with E-state index >= 15 is 0 Å². The first-order valence-electron chi connectivity index (χ1n) is 8.35. The molecule has 2 heterocycles. The lowest BCUT2D eigenvalue weighted by Gasteiger charge is -2.22. The molecule has 7 heteroatoms. The van der Waals surface area contributed by atoms with E-state index in [0.29, 0.717) is 28.7 Å². The number of aromatic nitrogens is 2. The van der Waals surface area contributed by atoms with Crippen LogP contribution in [0.5, 0.6) is 11.6 Å². The van der Waals surface area contributed by atoms with E-state index in [2.05, 4.69) is 16.0 Å². The molecule has 0 unspecified atom stereocenters. The Bertz CT molecular complexity index is 1040. The number of amides is 1. The number of hydrogen-bond donors (Lipinski definition) is 1. The van der Waals surface area contributed by atoms with Gasteiger partial charge in [0.2, 0.25) is 11.8 Å². The third-order valence-corrected chi connectivity index (χ3v) is 5.21. The molecule has 0 atom stereocenters. The van der Waals surface area contributed by atoms with Crippen molar-refractivity contribution in [3.05, 3.63) is 65.0 Å². The van der Waals surface area contributed by atoms with Crippen molar-refractivity contribution in [1.29, 1.82) is 0 Å². The molecule has 5 nitrogen and oxygen atoms in total. The lowest BCUT2D eigenvalue weighted by atomic mass is 10.0. The van der Waals surface area contributed by atoms with Crippen molar-refractivity contribution in [3.63, 3.8) is 0 Å². The molecular weight excluding hydrogens is 365 g/mol. The molecule has 27 heavy (non-hydrogen) atoms. The van der Waals surface area contributed by atoms with Gasteiger partial charge >= 0.3 is 0 Å². The number of carbonyl (C=O) groups is 1. The number of benzene rings is 2. The molecule has 136 valence electrons. The Morgan fingerprint density at radius 2 is 2.00 bits per heavy atom. The molecule has 1 aliphatic rings. The van der Waals surface area contributed by atoms with Crippen LogP contribution in [0.2, 0.25) is 0 Å². The van der Waals surface area contributed by atoms with Gasteiger partial charge in [-0.25, -0.2) is 9.37 Å². The minimum Gasteiger partial charge on any atom is -0.438 e. The summed E-state index contributed by atoms with van der Waals surface area (Å²) < 4.78 is 19.3. The van der Waals surface area contributed by atoms with Gasteiger partial charge in [0.05, 0.1) is 11.3 Å². The number of aryl methyl sites for hydroxylation is 1. The number of thioether (sulfide) groups is 1. The van der Waals surface area contributed by atoms with Gasteiger partial charge in [0, 0.05) is 12.0 Å². The molecule has 2 aromatic carbocycles. The number of nitrogens with zero attached hydrogens (tertiary/aromatic N) is 2.